The van der Waals surface area contributed by atoms with E-state index in [1.165, 1.54) is 6.92 Å². The Morgan fingerprint density at radius 3 is 1.71 bits per heavy atom. The first-order valence-corrected chi connectivity index (χ1v) is 13.2. The van der Waals surface area contributed by atoms with E-state index in [1.807, 2.05) is 0 Å². The van der Waals surface area contributed by atoms with Gasteiger partial charge in [-0.15, -0.1) is 0 Å². The number of primary amides is 1. The number of phosphoric ester groups is 1. The Bertz CT molecular complexity index is 1380. The van der Waals surface area contributed by atoms with Crippen molar-refractivity contribution in [1.29, 1.82) is 0 Å². The molecule has 0 saturated carbocycles. The molecule has 0 saturated heterocycles. The maximum absolute atomic E-state index is 11.9. The molecule has 0 heterocycles. The summed E-state index contributed by atoms with van der Waals surface area (Å²) in [5.41, 5.74) is 4.47. The number of rotatable bonds is 12. The quantitative estimate of drug-likeness (QED) is 0.0602. The summed E-state index contributed by atoms with van der Waals surface area (Å²) in [6.07, 6.45) is 3.30. The van der Waals surface area contributed by atoms with E-state index in [2.05, 4.69) is 100 Å². The molecule has 0 aromatic carbocycles. The summed E-state index contributed by atoms with van der Waals surface area (Å²) in [4.78, 5) is 54.3. The number of hydrogen-bond acceptors (Lipinski definition) is 9. The van der Waals surface area contributed by atoms with Gasteiger partial charge in [-0.05, 0) is 84.4 Å². The fourth-order valence-electron chi connectivity index (χ4n) is 2.07. The number of carbonyl (C=O) groups excluding carboxylic acids is 3. The first-order chi connectivity index (χ1) is 19.0. The van der Waals surface area contributed by atoms with E-state index in [9.17, 15) is 28.7 Å². The Kier molecular flexibility index (Phi) is 36.4. The Labute approximate surface area is 311 Å². The molecular formula is C29H54NNa2O9P. The predicted octanol–water partition coefficient (Wildman–Crippen LogP) is -2.61. The molecule has 13 heteroatoms. The molecule has 2 N–H and O–H groups in total. The van der Waals surface area contributed by atoms with Crippen LogP contribution in [-0.2, 0) is 32.9 Å². The zero-order chi connectivity index (χ0) is 30.5. The number of esters is 2. The van der Waals surface area contributed by atoms with Gasteiger partial charge >= 0.3 is 71.1 Å². The average molecular weight is 638 g/mol. The van der Waals surface area contributed by atoms with Gasteiger partial charge < -0.3 is 34.1 Å². The van der Waals surface area contributed by atoms with Crippen molar-refractivity contribution in [3.63, 3.8) is 0 Å². The van der Waals surface area contributed by atoms with Crippen LogP contribution in [0.2, 0.25) is 0 Å². The average Bonchev–Trinajstić information content (AvgIpc) is 2.87. The van der Waals surface area contributed by atoms with Crippen LogP contribution in [-0.4, -0.2) is 37.2 Å². The molecule has 0 aliphatic heterocycles. The van der Waals surface area contributed by atoms with Gasteiger partial charge in [-0.1, -0.05) is 38.5 Å². The molecule has 0 aliphatic rings. The molecule has 10 nitrogen and oxygen atoms in total. The van der Waals surface area contributed by atoms with E-state index in [0.717, 1.165) is 25.7 Å². The molecule has 0 unspecified atom stereocenters. The van der Waals surface area contributed by atoms with E-state index < -0.39 is 39.1 Å². The first-order valence-electron chi connectivity index (χ1n) is 11.7. The third-order valence-corrected chi connectivity index (χ3v) is 4.04. The smallest absolute Gasteiger partial charge is 0.790 e. The van der Waals surface area contributed by atoms with Crippen LogP contribution < -0.4 is 74.6 Å². The summed E-state index contributed by atoms with van der Waals surface area (Å²) in [7, 11) is -5.31. The van der Waals surface area contributed by atoms with Crippen LogP contribution >= 0.6 is 7.82 Å². The predicted molar refractivity (Wildman–Crippen MR) is 170 cm³/mol. The van der Waals surface area contributed by atoms with Crippen molar-refractivity contribution in [3.8, 4) is 82.9 Å². The van der Waals surface area contributed by atoms with Gasteiger partial charge in [0.05, 0.1) is 14.4 Å². The molecule has 0 aromatic rings. The van der Waals surface area contributed by atoms with Crippen LogP contribution in [0.1, 0.15) is 77.8 Å². The van der Waals surface area contributed by atoms with Gasteiger partial charge in [0.25, 0.3) is 0 Å². The number of amides is 1. The van der Waals surface area contributed by atoms with Gasteiger partial charge in [-0.2, -0.15) is 0 Å². The molecule has 0 fully saturated rings. The largest absolute Gasteiger partial charge is 1.00 e. The van der Waals surface area contributed by atoms with Gasteiger partial charge in [-0.25, -0.2) is 4.79 Å². The van der Waals surface area contributed by atoms with E-state index in [4.69, 9.17) is 9.47 Å². The normalized spacial score (nSPS) is 8.60. The molecule has 1 amide bonds. The van der Waals surface area contributed by atoms with Crippen molar-refractivity contribution in [1.82, 2.24) is 0 Å². The van der Waals surface area contributed by atoms with Crippen LogP contribution in [0.15, 0.2) is 0 Å². The van der Waals surface area contributed by atoms with Crippen molar-refractivity contribution >= 4 is 25.7 Å². The van der Waals surface area contributed by atoms with Crippen molar-refractivity contribution in [2.45, 2.75) is 65.4 Å². The molecule has 236 valence electrons. The molecule has 0 aliphatic carbocycles. The number of ether oxygens (including phenoxy) is 2. The fourth-order valence-corrected chi connectivity index (χ4v) is 2.42. The van der Waals surface area contributed by atoms with Crippen LogP contribution in [0.5, 0.6) is 0 Å². The van der Waals surface area contributed by atoms with Gasteiger partial charge in [-0.3, -0.25) is 9.59 Å². The zero-order valence-corrected chi connectivity index (χ0v) is 29.3. The van der Waals surface area contributed by atoms with E-state index in [0.29, 0.717) is 6.42 Å². The second-order valence-electron chi connectivity index (χ2n) is 7.10. The van der Waals surface area contributed by atoms with Crippen molar-refractivity contribution in [2.75, 3.05) is 13.2 Å². The topological polar surface area (TPSA) is 168 Å². The Morgan fingerprint density at radius 2 is 1.26 bits per heavy atom. The molecular weight excluding hydrogens is 583 g/mol. The fraction of sp³-hybridized carbons (Fsp3) is 0.414. The second-order valence-corrected chi connectivity index (χ2v) is 8.26. The summed E-state index contributed by atoms with van der Waals surface area (Å²) in [6.45, 7) is 3.68. The summed E-state index contributed by atoms with van der Waals surface area (Å²) < 4.78 is 24.7. The van der Waals surface area contributed by atoms with E-state index in [1.54, 1.807) is 6.92 Å². The van der Waals surface area contributed by atoms with Crippen LogP contribution in [0.25, 0.3) is 0 Å². The summed E-state index contributed by atoms with van der Waals surface area (Å²) in [5.74, 6) is 31.5. The monoisotopic (exact) mass is 637 g/mol. The van der Waals surface area contributed by atoms with E-state index >= 15 is 0 Å². The molecule has 0 aromatic heterocycles. The summed E-state index contributed by atoms with van der Waals surface area (Å²) >= 11 is 0. The van der Waals surface area contributed by atoms with Gasteiger partial charge in [0.1, 0.15) is 6.61 Å². The summed E-state index contributed by atoms with van der Waals surface area (Å²) in [6, 6.07) is 0. The minimum Gasteiger partial charge on any atom is -0.790 e. The third-order valence-electron chi connectivity index (χ3n) is 3.58. The minimum atomic E-state index is -5.31. The van der Waals surface area contributed by atoms with Gasteiger partial charge in [0, 0.05) is 37.8 Å². The standard InChI is InChI=1S/C27H25O8P.C2H5NO.2Na.13H2/c1-3-5-7-9-10-11-12-13-14-15-16-18-19-21-26(28)33-23-25(24-34-36(30,31)32)35-27(29)22-20-17-8-6-4-2;1-2(3)4;;;;;;;;;;;;;;;/h25H,4,6,8,17,20,22-24H2,1-2H3,(H2,30,31,32);1H3,(H2,3,4);;;13*1H/q;;2*+1;;;;;;;;;;;;;/p-2/t25-;;;;;;;;;;;;;;;;/m1................/s1. The summed E-state index contributed by atoms with van der Waals surface area (Å²) in [5, 5.41) is 0. The van der Waals surface area contributed by atoms with Crippen molar-refractivity contribution in [3.05, 3.63) is 0 Å². The molecule has 42 heavy (non-hydrogen) atoms. The number of phosphoric acid groups is 1. The number of unbranched alkanes of at least 4 members (excludes halogenated alkanes) is 4. The van der Waals surface area contributed by atoms with Gasteiger partial charge in [0.2, 0.25) is 5.91 Å². The SMILES string of the molecule is CC#CC#CC#CC#CC#CC#CC#CC(=O)OC[C@H](COP(=O)([O-])[O-])OC(=O)CCCCCCC.CC(N)=O.[HH].[HH].[HH].[HH].[HH].[HH].[HH].[HH].[HH].[HH].[HH].[HH].[HH].[Na+].[Na+]. The zero-order valence-electron chi connectivity index (χ0n) is 24.4. The van der Waals surface area contributed by atoms with Gasteiger partial charge in [0.15, 0.2) is 6.10 Å². The first kappa shape index (κ1) is 46.4. The van der Waals surface area contributed by atoms with Crippen molar-refractivity contribution < 1.29 is 120 Å². The maximum Gasteiger partial charge on any atom is 1.00 e. The molecule has 1 atom stereocenters. The number of hydrogen-bond donors (Lipinski definition) is 1. The molecule has 0 bridgehead atoms. The number of nitrogens with two attached hydrogens (primary N) is 1. The molecule has 0 radical (unpaired) electrons. The second kappa shape index (κ2) is 32.9. The Morgan fingerprint density at radius 1 is 0.810 bits per heavy atom. The van der Waals surface area contributed by atoms with Crippen LogP contribution in [0, 0.1) is 82.9 Å². The molecule has 0 spiro atoms. The molecule has 0 rings (SSSR count). The van der Waals surface area contributed by atoms with Crippen molar-refractivity contribution in [2.24, 2.45) is 5.73 Å². The van der Waals surface area contributed by atoms with Crippen LogP contribution in [0.3, 0.4) is 0 Å². The maximum atomic E-state index is 11.9. The van der Waals surface area contributed by atoms with Crippen LogP contribution in [0.4, 0.5) is 0 Å². The Hall–Kier alpha value is -2.56. The van der Waals surface area contributed by atoms with E-state index in [-0.39, 0.29) is 90.0 Å². The third kappa shape index (κ3) is 41.9. The Balaban J connectivity index is -0.0000000482. The minimum absolute atomic E-state index is 0. The number of carbonyl (C=O) groups is 3.